The third-order valence-corrected chi connectivity index (χ3v) is 4.17. The maximum absolute atomic E-state index is 8.30. The number of anilines is 1. The van der Waals surface area contributed by atoms with Crippen LogP contribution in [0.4, 0.5) is 5.69 Å². The molecule has 1 unspecified atom stereocenters. The average Bonchev–Trinajstić information content (AvgIpc) is 2.39. The summed E-state index contributed by atoms with van der Waals surface area (Å²) in [6.45, 7) is 2.01. The van der Waals surface area contributed by atoms with Gasteiger partial charge in [-0.3, -0.25) is 0 Å². The summed E-state index contributed by atoms with van der Waals surface area (Å²) in [7, 11) is 0. The van der Waals surface area contributed by atoms with Crippen LogP contribution in [0.1, 0.15) is 31.8 Å². The standard InChI is InChI=1S/C12H14BrN/c1-9-4-2-5-10-11(9)12(6-3-7-12)8-14(10)13/h2,4-5H,3,6-8H2,1H3/i8D. The lowest BCUT2D eigenvalue weighted by Crippen LogP contribution is -2.37. The van der Waals surface area contributed by atoms with Crippen LogP contribution < -0.4 is 3.93 Å². The van der Waals surface area contributed by atoms with E-state index in [1.54, 1.807) is 0 Å². The summed E-state index contributed by atoms with van der Waals surface area (Å²) < 4.78 is 10.3. The van der Waals surface area contributed by atoms with Crippen LogP contribution in [-0.2, 0) is 5.41 Å². The van der Waals surface area contributed by atoms with Crippen molar-refractivity contribution in [3.63, 3.8) is 0 Å². The van der Waals surface area contributed by atoms with Gasteiger partial charge in [0.05, 0.1) is 7.06 Å². The summed E-state index contributed by atoms with van der Waals surface area (Å²) in [4.78, 5) is 0. The van der Waals surface area contributed by atoms with E-state index in [-0.39, 0.29) is 11.9 Å². The topological polar surface area (TPSA) is 3.24 Å². The van der Waals surface area contributed by atoms with Gasteiger partial charge in [-0.2, -0.15) is 0 Å². The van der Waals surface area contributed by atoms with E-state index in [4.69, 9.17) is 1.37 Å². The van der Waals surface area contributed by atoms with Crippen molar-refractivity contribution in [3.8, 4) is 0 Å². The van der Waals surface area contributed by atoms with E-state index in [1.165, 1.54) is 36.1 Å². The fraction of sp³-hybridized carbons (Fsp3) is 0.500. The van der Waals surface area contributed by atoms with Gasteiger partial charge in [0.15, 0.2) is 0 Å². The van der Waals surface area contributed by atoms with Gasteiger partial charge in [0.25, 0.3) is 0 Å². The highest BCUT2D eigenvalue weighted by molar-refractivity contribution is 9.10. The zero-order valence-electron chi connectivity index (χ0n) is 9.26. The maximum Gasteiger partial charge on any atom is 0.0513 e. The smallest absolute Gasteiger partial charge is 0.0513 e. The lowest BCUT2D eigenvalue weighted by atomic mass is 9.65. The van der Waals surface area contributed by atoms with Crippen LogP contribution in [0.2, 0.25) is 0 Å². The number of aryl methyl sites for hydroxylation is 1. The molecular weight excluding hydrogens is 238 g/mol. The Morgan fingerprint density at radius 3 is 2.93 bits per heavy atom. The second-order valence-electron chi connectivity index (χ2n) is 4.42. The Kier molecular flexibility index (Phi) is 1.52. The summed E-state index contributed by atoms with van der Waals surface area (Å²) in [5, 5.41) is 0. The van der Waals surface area contributed by atoms with Crippen LogP contribution >= 0.6 is 16.1 Å². The van der Waals surface area contributed by atoms with Crippen molar-refractivity contribution in [2.75, 3.05) is 10.4 Å². The molecule has 0 N–H and O–H groups in total. The second-order valence-corrected chi connectivity index (χ2v) is 5.18. The Hall–Kier alpha value is -0.500. The van der Waals surface area contributed by atoms with Gasteiger partial charge >= 0.3 is 0 Å². The van der Waals surface area contributed by atoms with Gasteiger partial charge in [-0.25, -0.2) is 0 Å². The molecule has 1 aliphatic heterocycles. The summed E-state index contributed by atoms with van der Waals surface area (Å²) in [6.07, 6.45) is 3.60. The molecule has 2 aliphatic rings. The van der Waals surface area contributed by atoms with Crippen LogP contribution in [0.3, 0.4) is 0 Å². The van der Waals surface area contributed by atoms with Crippen LogP contribution in [0.15, 0.2) is 18.2 Å². The zero-order chi connectivity index (χ0) is 10.6. The molecule has 1 aromatic carbocycles. The molecule has 3 rings (SSSR count). The van der Waals surface area contributed by atoms with Gasteiger partial charge < -0.3 is 3.93 Å². The molecule has 1 heterocycles. The number of rotatable bonds is 0. The third kappa shape index (κ3) is 0.952. The quantitative estimate of drug-likeness (QED) is 0.639. The molecule has 0 aromatic heterocycles. The van der Waals surface area contributed by atoms with E-state index in [9.17, 15) is 0 Å². The summed E-state index contributed by atoms with van der Waals surface area (Å²) in [5.74, 6) is 0. The average molecular weight is 253 g/mol. The third-order valence-electron chi connectivity index (χ3n) is 3.59. The van der Waals surface area contributed by atoms with Gasteiger partial charge in [0.1, 0.15) is 0 Å². The minimum atomic E-state index is -0.151. The molecule has 2 heteroatoms. The number of halogens is 1. The van der Waals surface area contributed by atoms with E-state index in [0.29, 0.717) is 0 Å². The van der Waals surface area contributed by atoms with Gasteiger partial charge in [-0.05, 0) is 37.0 Å². The van der Waals surface area contributed by atoms with E-state index in [1.807, 2.05) is 3.93 Å². The second kappa shape index (κ2) is 2.75. The van der Waals surface area contributed by atoms with Crippen molar-refractivity contribution in [1.82, 2.24) is 0 Å². The van der Waals surface area contributed by atoms with Gasteiger partial charge in [-0.1, -0.05) is 18.6 Å². The van der Waals surface area contributed by atoms with E-state index in [2.05, 4.69) is 41.3 Å². The Labute approximate surface area is 94.9 Å². The first-order chi connectivity index (χ1) is 7.17. The normalized spacial score (nSPS) is 28.6. The van der Waals surface area contributed by atoms with Crippen molar-refractivity contribution in [3.05, 3.63) is 29.3 Å². The van der Waals surface area contributed by atoms with Crippen molar-refractivity contribution in [2.45, 2.75) is 31.6 Å². The summed E-state index contributed by atoms with van der Waals surface area (Å²) >= 11 is 3.53. The van der Waals surface area contributed by atoms with E-state index in [0.717, 1.165) is 0 Å². The SMILES string of the molecule is [2H]C1N(Br)c2cccc(C)c2C12CCC2. The number of nitrogens with zero attached hydrogens (tertiary/aromatic N) is 1. The van der Waals surface area contributed by atoms with E-state index < -0.39 is 0 Å². The minimum Gasteiger partial charge on any atom is -0.308 e. The first-order valence-corrected chi connectivity index (χ1v) is 5.85. The minimum absolute atomic E-state index is 0.115. The van der Waals surface area contributed by atoms with Crippen molar-refractivity contribution >= 4 is 21.8 Å². The Morgan fingerprint density at radius 2 is 2.29 bits per heavy atom. The Balaban J connectivity index is 2.23. The summed E-state index contributed by atoms with van der Waals surface area (Å²) in [6, 6.07) is 6.36. The highest BCUT2D eigenvalue weighted by Gasteiger charge is 2.47. The molecule has 0 amide bonds. The van der Waals surface area contributed by atoms with Gasteiger partial charge in [-0.15, -0.1) is 0 Å². The lowest BCUT2D eigenvalue weighted by molar-refractivity contribution is 0.268. The Bertz CT molecular complexity index is 414. The molecule has 1 atom stereocenters. The number of fused-ring (bicyclic) bond motifs is 2. The predicted molar refractivity (Wildman–Crippen MR) is 63.0 cm³/mol. The van der Waals surface area contributed by atoms with Crippen LogP contribution in [0, 0.1) is 6.92 Å². The van der Waals surface area contributed by atoms with Gasteiger partial charge in [0.2, 0.25) is 0 Å². The largest absolute Gasteiger partial charge is 0.308 e. The zero-order valence-corrected chi connectivity index (χ0v) is 9.84. The Morgan fingerprint density at radius 1 is 1.50 bits per heavy atom. The van der Waals surface area contributed by atoms with Crippen LogP contribution in [-0.4, -0.2) is 6.52 Å². The molecule has 0 radical (unpaired) electrons. The monoisotopic (exact) mass is 252 g/mol. The molecule has 74 valence electrons. The molecule has 1 nitrogen and oxygen atoms in total. The highest BCUT2D eigenvalue weighted by atomic mass is 79.9. The van der Waals surface area contributed by atoms with Crippen molar-refractivity contribution in [2.24, 2.45) is 0 Å². The van der Waals surface area contributed by atoms with Crippen LogP contribution in [0.5, 0.6) is 0 Å². The molecule has 1 spiro atoms. The van der Waals surface area contributed by atoms with Crippen LogP contribution in [0.25, 0.3) is 0 Å². The van der Waals surface area contributed by atoms with E-state index >= 15 is 0 Å². The molecular formula is C12H14BrN. The molecule has 1 saturated carbocycles. The highest BCUT2D eigenvalue weighted by Crippen LogP contribution is 2.54. The molecule has 0 saturated heterocycles. The number of benzene rings is 1. The first kappa shape index (κ1) is 7.75. The molecule has 1 fully saturated rings. The fourth-order valence-electron chi connectivity index (χ4n) is 2.77. The molecule has 1 aromatic rings. The van der Waals surface area contributed by atoms with Crippen molar-refractivity contribution < 1.29 is 1.37 Å². The molecule has 1 aliphatic carbocycles. The summed E-state index contributed by atoms with van der Waals surface area (Å²) in [5.41, 5.74) is 4.07. The first-order valence-electron chi connectivity index (χ1n) is 5.72. The van der Waals surface area contributed by atoms with Gasteiger partial charge in [0, 0.05) is 28.1 Å². The predicted octanol–water partition coefficient (Wildman–Crippen LogP) is 3.55. The maximum atomic E-state index is 8.30. The number of hydrogen-bond donors (Lipinski definition) is 0. The molecule has 0 bridgehead atoms. The number of hydrogen-bond acceptors (Lipinski definition) is 1. The molecule has 14 heavy (non-hydrogen) atoms. The van der Waals surface area contributed by atoms with Crippen molar-refractivity contribution in [1.29, 1.82) is 0 Å². The fourth-order valence-corrected chi connectivity index (χ4v) is 3.45. The lowest BCUT2D eigenvalue weighted by Gasteiger charge is -2.39.